The average Bonchev–Trinajstić information content (AvgIpc) is 2.15. The van der Waals surface area contributed by atoms with E-state index in [-0.39, 0.29) is 0 Å². The molecule has 2 N–H and O–H groups in total. The van der Waals surface area contributed by atoms with Crippen molar-refractivity contribution >= 4 is 17.3 Å². The van der Waals surface area contributed by atoms with Gasteiger partial charge in [0.2, 0.25) is 0 Å². The van der Waals surface area contributed by atoms with Crippen molar-refractivity contribution in [1.29, 1.82) is 0 Å². The Balaban J connectivity index is 1.90. The largest absolute Gasteiger partial charge is 0.382 e. The number of rotatable bonds is 6. The molecule has 0 unspecified atom stereocenters. The zero-order valence-electron chi connectivity index (χ0n) is 9.71. The fourth-order valence-electron chi connectivity index (χ4n) is 1.78. The second kappa shape index (κ2) is 7.01. The molecule has 15 heavy (non-hydrogen) atoms. The Labute approximate surface area is 98.0 Å². The minimum atomic E-state index is 0.604. The van der Waals surface area contributed by atoms with Gasteiger partial charge in [-0.3, -0.25) is 0 Å². The molecule has 0 bridgehead atoms. The van der Waals surface area contributed by atoms with E-state index < -0.39 is 0 Å². The van der Waals surface area contributed by atoms with E-state index in [4.69, 9.17) is 17.0 Å². The molecule has 0 heterocycles. The number of hydrogen-bond donors (Lipinski definition) is 2. The van der Waals surface area contributed by atoms with Gasteiger partial charge in [0.05, 0.1) is 0 Å². The van der Waals surface area contributed by atoms with Gasteiger partial charge in [0, 0.05) is 25.8 Å². The van der Waals surface area contributed by atoms with Crippen molar-refractivity contribution in [2.24, 2.45) is 5.92 Å². The highest BCUT2D eigenvalue weighted by molar-refractivity contribution is 7.80. The summed E-state index contributed by atoms with van der Waals surface area (Å²) in [7, 11) is 0. The predicted molar refractivity (Wildman–Crippen MR) is 67.0 cm³/mol. The van der Waals surface area contributed by atoms with E-state index in [1.165, 1.54) is 12.8 Å². The summed E-state index contributed by atoms with van der Waals surface area (Å²) in [5.74, 6) is 0.864. The van der Waals surface area contributed by atoms with Crippen molar-refractivity contribution in [3.63, 3.8) is 0 Å². The Hall–Kier alpha value is -0.350. The topological polar surface area (TPSA) is 33.3 Å². The van der Waals surface area contributed by atoms with Gasteiger partial charge in [-0.2, -0.15) is 0 Å². The second-order valence-corrected chi connectivity index (χ2v) is 4.63. The van der Waals surface area contributed by atoms with E-state index >= 15 is 0 Å². The molecule has 1 rings (SSSR count). The molecule has 0 amide bonds. The molecule has 3 nitrogen and oxygen atoms in total. The quantitative estimate of drug-likeness (QED) is 0.537. The van der Waals surface area contributed by atoms with Crippen LogP contribution < -0.4 is 10.6 Å². The van der Waals surface area contributed by atoms with E-state index in [0.717, 1.165) is 37.2 Å². The normalized spacial score (nSPS) is 24.4. The van der Waals surface area contributed by atoms with Crippen molar-refractivity contribution in [3.05, 3.63) is 0 Å². The summed E-state index contributed by atoms with van der Waals surface area (Å²) >= 11 is 5.18. The predicted octanol–water partition coefficient (Wildman–Crippen LogP) is 1.68. The standard InChI is InChI=1S/C11H22N2OS/c1-3-14-6-4-5-12-11(15)13-10-7-9(2)8-10/h9-10H,3-8H2,1-2H3,(H2,12,13,15). The maximum atomic E-state index is 5.24. The van der Waals surface area contributed by atoms with Gasteiger partial charge in [0.25, 0.3) is 0 Å². The molecule has 0 spiro atoms. The van der Waals surface area contributed by atoms with Crippen molar-refractivity contribution in [1.82, 2.24) is 10.6 Å². The highest BCUT2D eigenvalue weighted by atomic mass is 32.1. The molecule has 1 aliphatic carbocycles. The van der Waals surface area contributed by atoms with E-state index in [1.54, 1.807) is 0 Å². The zero-order valence-corrected chi connectivity index (χ0v) is 10.5. The van der Waals surface area contributed by atoms with Crippen molar-refractivity contribution in [2.75, 3.05) is 19.8 Å². The zero-order chi connectivity index (χ0) is 11.1. The Kier molecular flexibility index (Phi) is 5.95. The van der Waals surface area contributed by atoms with Crippen LogP contribution in [0, 0.1) is 5.92 Å². The van der Waals surface area contributed by atoms with Crippen LogP contribution in [-0.2, 0) is 4.74 Å². The summed E-state index contributed by atoms with van der Waals surface area (Å²) < 4.78 is 5.24. The third-order valence-electron chi connectivity index (χ3n) is 2.66. The molecule has 1 aliphatic rings. The molecular formula is C11H22N2OS. The number of hydrogen-bond acceptors (Lipinski definition) is 2. The maximum Gasteiger partial charge on any atom is 0.166 e. The maximum absolute atomic E-state index is 5.24. The van der Waals surface area contributed by atoms with Crippen LogP contribution in [0.5, 0.6) is 0 Å². The Morgan fingerprint density at radius 3 is 2.80 bits per heavy atom. The SMILES string of the molecule is CCOCCCNC(=S)NC1CC(C)C1. The molecule has 0 aliphatic heterocycles. The minimum absolute atomic E-state index is 0.604. The highest BCUT2D eigenvalue weighted by Crippen LogP contribution is 2.25. The molecule has 0 aromatic rings. The van der Waals surface area contributed by atoms with E-state index in [9.17, 15) is 0 Å². The van der Waals surface area contributed by atoms with Gasteiger partial charge in [-0.05, 0) is 44.3 Å². The molecule has 1 saturated carbocycles. The molecule has 1 fully saturated rings. The summed E-state index contributed by atoms with van der Waals surface area (Å²) in [4.78, 5) is 0. The first-order valence-electron chi connectivity index (χ1n) is 5.84. The minimum Gasteiger partial charge on any atom is -0.382 e. The lowest BCUT2D eigenvalue weighted by Gasteiger charge is -2.34. The van der Waals surface area contributed by atoms with Crippen LogP contribution in [0.3, 0.4) is 0 Å². The number of ether oxygens (including phenoxy) is 1. The Morgan fingerprint density at radius 2 is 2.20 bits per heavy atom. The van der Waals surface area contributed by atoms with Crippen molar-refractivity contribution in [3.8, 4) is 0 Å². The van der Waals surface area contributed by atoms with Gasteiger partial charge in [-0.25, -0.2) is 0 Å². The van der Waals surface area contributed by atoms with Crippen molar-refractivity contribution < 1.29 is 4.74 Å². The van der Waals surface area contributed by atoms with Crippen LogP contribution >= 0.6 is 12.2 Å². The Morgan fingerprint density at radius 1 is 1.47 bits per heavy atom. The molecule has 0 aromatic heterocycles. The number of thiocarbonyl (C=S) groups is 1. The van der Waals surface area contributed by atoms with Gasteiger partial charge < -0.3 is 15.4 Å². The first-order chi connectivity index (χ1) is 7.22. The third kappa shape index (κ3) is 5.33. The lowest BCUT2D eigenvalue weighted by Crippen LogP contribution is -2.47. The van der Waals surface area contributed by atoms with Gasteiger partial charge >= 0.3 is 0 Å². The van der Waals surface area contributed by atoms with Crippen molar-refractivity contribution in [2.45, 2.75) is 39.2 Å². The van der Waals surface area contributed by atoms with Gasteiger partial charge in [0.15, 0.2) is 5.11 Å². The second-order valence-electron chi connectivity index (χ2n) is 4.22. The number of nitrogens with one attached hydrogen (secondary N) is 2. The fraction of sp³-hybridized carbons (Fsp3) is 0.909. The van der Waals surface area contributed by atoms with Crippen LogP contribution in [0.4, 0.5) is 0 Å². The van der Waals surface area contributed by atoms with E-state index in [1.807, 2.05) is 6.92 Å². The highest BCUT2D eigenvalue weighted by Gasteiger charge is 2.25. The summed E-state index contributed by atoms with van der Waals surface area (Å²) in [6.45, 7) is 6.79. The summed E-state index contributed by atoms with van der Waals surface area (Å²) in [5, 5.41) is 7.31. The fourth-order valence-corrected chi connectivity index (χ4v) is 2.05. The first kappa shape index (κ1) is 12.7. The molecule has 0 saturated heterocycles. The van der Waals surface area contributed by atoms with Gasteiger partial charge in [0.1, 0.15) is 0 Å². The smallest absolute Gasteiger partial charge is 0.166 e. The Bertz CT molecular complexity index is 193. The molecule has 88 valence electrons. The molecule has 0 aromatic carbocycles. The summed E-state index contributed by atoms with van der Waals surface area (Å²) in [5.41, 5.74) is 0. The van der Waals surface area contributed by atoms with Crippen LogP contribution in [0.1, 0.15) is 33.1 Å². The molecule has 0 atom stereocenters. The van der Waals surface area contributed by atoms with Gasteiger partial charge in [-0.1, -0.05) is 6.92 Å². The molecule has 0 radical (unpaired) electrons. The lowest BCUT2D eigenvalue weighted by atomic mass is 9.82. The van der Waals surface area contributed by atoms with Crippen LogP contribution in [-0.4, -0.2) is 30.9 Å². The average molecular weight is 230 g/mol. The van der Waals surface area contributed by atoms with Crippen LogP contribution in [0.25, 0.3) is 0 Å². The first-order valence-corrected chi connectivity index (χ1v) is 6.25. The van der Waals surface area contributed by atoms with Crippen LogP contribution in [0.2, 0.25) is 0 Å². The van der Waals surface area contributed by atoms with Gasteiger partial charge in [-0.15, -0.1) is 0 Å². The van der Waals surface area contributed by atoms with E-state index in [0.29, 0.717) is 6.04 Å². The van der Waals surface area contributed by atoms with Crippen LogP contribution in [0.15, 0.2) is 0 Å². The molecule has 4 heteroatoms. The van der Waals surface area contributed by atoms with E-state index in [2.05, 4.69) is 17.6 Å². The summed E-state index contributed by atoms with van der Waals surface area (Å²) in [6.07, 6.45) is 3.51. The third-order valence-corrected chi connectivity index (χ3v) is 2.93. The monoisotopic (exact) mass is 230 g/mol. The molecular weight excluding hydrogens is 208 g/mol. The summed E-state index contributed by atoms with van der Waals surface area (Å²) in [6, 6.07) is 0.604. The lowest BCUT2D eigenvalue weighted by molar-refractivity contribution is 0.145.